The van der Waals surface area contributed by atoms with Gasteiger partial charge in [0, 0.05) is 12.6 Å². The highest BCUT2D eigenvalue weighted by molar-refractivity contribution is 9.10. The van der Waals surface area contributed by atoms with Crippen LogP contribution < -0.4 is 10.5 Å². The van der Waals surface area contributed by atoms with Crippen molar-refractivity contribution >= 4 is 21.7 Å². The molecule has 0 aliphatic carbocycles. The van der Waals surface area contributed by atoms with Crippen LogP contribution in [0, 0.1) is 6.92 Å². The molecule has 96 valence electrons. The molecular weight excluding hydrogens is 294 g/mol. The number of aromatic nitrogens is 2. The Bertz CT molecular complexity index is 578. The predicted molar refractivity (Wildman–Crippen MR) is 76.7 cm³/mol. The number of ether oxygens (including phenoxy) is 1. The first-order valence-corrected chi connectivity index (χ1v) is 6.55. The highest BCUT2D eigenvalue weighted by Crippen LogP contribution is 2.34. The highest BCUT2D eigenvalue weighted by atomic mass is 79.9. The second-order valence-electron chi connectivity index (χ2n) is 4.08. The molecule has 0 fully saturated rings. The van der Waals surface area contributed by atoms with Crippen LogP contribution in [0.15, 0.2) is 22.7 Å². The van der Waals surface area contributed by atoms with Gasteiger partial charge in [-0.1, -0.05) is 0 Å². The van der Waals surface area contributed by atoms with E-state index in [1.54, 1.807) is 4.68 Å². The van der Waals surface area contributed by atoms with E-state index in [0.29, 0.717) is 12.4 Å². The summed E-state index contributed by atoms with van der Waals surface area (Å²) in [7, 11) is 1.88. The average molecular weight is 310 g/mol. The largest absolute Gasteiger partial charge is 0.494 e. The lowest BCUT2D eigenvalue weighted by molar-refractivity contribution is 0.338. The first-order valence-electron chi connectivity index (χ1n) is 5.76. The van der Waals surface area contributed by atoms with Crippen LogP contribution in [0.3, 0.4) is 0 Å². The van der Waals surface area contributed by atoms with Gasteiger partial charge in [-0.2, -0.15) is 5.10 Å². The molecule has 2 rings (SSSR count). The first-order chi connectivity index (χ1) is 8.54. The monoisotopic (exact) mass is 309 g/mol. The topological polar surface area (TPSA) is 53.1 Å². The molecule has 0 atom stereocenters. The summed E-state index contributed by atoms with van der Waals surface area (Å²) in [5, 5.41) is 4.19. The van der Waals surface area contributed by atoms with Gasteiger partial charge in [-0.3, -0.25) is 4.68 Å². The third-order valence-corrected chi connectivity index (χ3v) is 3.54. The van der Waals surface area contributed by atoms with Gasteiger partial charge < -0.3 is 10.5 Å². The Morgan fingerprint density at radius 3 is 2.67 bits per heavy atom. The van der Waals surface area contributed by atoms with Gasteiger partial charge in [0.15, 0.2) is 5.82 Å². The smallest absolute Gasteiger partial charge is 0.160 e. The molecule has 18 heavy (non-hydrogen) atoms. The number of nitrogen functional groups attached to an aromatic ring is 1. The second kappa shape index (κ2) is 5.02. The van der Waals surface area contributed by atoms with Crippen LogP contribution in [0.4, 0.5) is 5.82 Å². The number of aryl methyl sites for hydroxylation is 2. The second-order valence-corrected chi connectivity index (χ2v) is 4.88. The van der Waals surface area contributed by atoms with Crippen molar-refractivity contribution in [2.45, 2.75) is 13.8 Å². The molecule has 0 aliphatic heterocycles. The standard InChI is InChI=1S/C13H16BrN3O/c1-4-18-10-6-5-9(7-8(10)2)12-11(14)13(15)16-17(12)3/h5-7H,4H2,1-3H3,(H2,15,16). The molecule has 2 N–H and O–H groups in total. The summed E-state index contributed by atoms with van der Waals surface area (Å²) in [6, 6.07) is 6.06. The lowest BCUT2D eigenvalue weighted by atomic mass is 10.1. The lowest BCUT2D eigenvalue weighted by Crippen LogP contribution is -1.97. The number of nitrogens with two attached hydrogens (primary N) is 1. The van der Waals surface area contributed by atoms with E-state index >= 15 is 0 Å². The van der Waals surface area contributed by atoms with Crippen molar-refractivity contribution in [1.82, 2.24) is 9.78 Å². The number of hydrogen-bond acceptors (Lipinski definition) is 3. The van der Waals surface area contributed by atoms with Crippen LogP contribution in [0.25, 0.3) is 11.3 Å². The van der Waals surface area contributed by atoms with Gasteiger partial charge in [0.25, 0.3) is 0 Å². The molecule has 1 aromatic heterocycles. The van der Waals surface area contributed by atoms with E-state index in [2.05, 4.69) is 27.1 Å². The average Bonchev–Trinajstić information content (AvgIpc) is 2.56. The number of hydrogen-bond donors (Lipinski definition) is 1. The molecule has 4 nitrogen and oxygen atoms in total. The third kappa shape index (κ3) is 2.22. The number of halogens is 1. The first kappa shape index (κ1) is 13.0. The summed E-state index contributed by atoms with van der Waals surface area (Å²) in [6.07, 6.45) is 0. The molecule has 0 amide bonds. The van der Waals surface area contributed by atoms with E-state index in [1.165, 1.54) is 0 Å². The van der Waals surface area contributed by atoms with Crippen molar-refractivity contribution in [2.75, 3.05) is 12.3 Å². The maximum Gasteiger partial charge on any atom is 0.160 e. The Morgan fingerprint density at radius 2 is 2.17 bits per heavy atom. The fraction of sp³-hybridized carbons (Fsp3) is 0.308. The van der Waals surface area contributed by atoms with Crippen molar-refractivity contribution < 1.29 is 4.74 Å². The molecule has 5 heteroatoms. The van der Waals surface area contributed by atoms with E-state index in [1.807, 2.05) is 33.0 Å². The van der Waals surface area contributed by atoms with E-state index in [0.717, 1.165) is 27.0 Å². The summed E-state index contributed by atoms with van der Waals surface area (Å²) >= 11 is 3.47. The Morgan fingerprint density at radius 1 is 1.44 bits per heavy atom. The molecule has 2 aromatic rings. The Balaban J connectivity index is 2.49. The minimum Gasteiger partial charge on any atom is -0.494 e. The van der Waals surface area contributed by atoms with Crippen LogP contribution in [0.1, 0.15) is 12.5 Å². The fourth-order valence-corrected chi connectivity index (χ4v) is 2.51. The maximum absolute atomic E-state index is 5.79. The Hall–Kier alpha value is -1.49. The Kier molecular flexibility index (Phi) is 3.61. The molecule has 0 bridgehead atoms. The SMILES string of the molecule is CCOc1ccc(-c2c(Br)c(N)nn2C)cc1C. The molecule has 0 radical (unpaired) electrons. The lowest BCUT2D eigenvalue weighted by Gasteiger charge is -2.09. The minimum atomic E-state index is 0.499. The van der Waals surface area contributed by atoms with Gasteiger partial charge in [0.2, 0.25) is 0 Å². The number of rotatable bonds is 3. The fourth-order valence-electron chi connectivity index (χ4n) is 1.95. The molecule has 0 saturated carbocycles. The van der Waals surface area contributed by atoms with E-state index in [9.17, 15) is 0 Å². The number of nitrogens with zero attached hydrogens (tertiary/aromatic N) is 2. The van der Waals surface area contributed by atoms with Crippen LogP contribution in [-0.4, -0.2) is 16.4 Å². The molecule has 1 heterocycles. The molecule has 0 aliphatic rings. The molecule has 1 aromatic carbocycles. The zero-order valence-corrected chi connectivity index (χ0v) is 12.3. The van der Waals surface area contributed by atoms with Crippen LogP contribution in [0.2, 0.25) is 0 Å². The van der Waals surface area contributed by atoms with Crippen LogP contribution in [0.5, 0.6) is 5.75 Å². The quantitative estimate of drug-likeness (QED) is 0.947. The van der Waals surface area contributed by atoms with Crippen molar-refractivity contribution in [3.05, 3.63) is 28.2 Å². The Labute approximate surface area is 115 Å². The van der Waals surface area contributed by atoms with Gasteiger partial charge in [0.1, 0.15) is 5.75 Å². The zero-order valence-electron chi connectivity index (χ0n) is 10.7. The van der Waals surface area contributed by atoms with Crippen LogP contribution >= 0.6 is 15.9 Å². The summed E-state index contributed by atoms with van der Waals surface area (Å²) in [5.41, 5.74) is 8.92. The minimum absolute atomic E-state index is 0.499. The van der Waals surface area contributed by atoms with Crippen molar-refractivity contribution in [3.63, 3.8) is 0 Å². The van der Waals surface area contributed by atoms with Gasteiger partial charge in [0.05, 0.1) is 16.8 Å². The van der Waals surface area contributed by atoms with Crippen molar-refractivity contribution in [1.29, 1.82) is 0 Å². The van der Waals surface area contributed by atoms with E-state index < -0.39 is 0 Å². The number of benzene rings is 1. The number of anilines is 1. The molecule has 0 unspecified atom stereocenters. The van der Waals surface area contributed by atoms with Crippen molar-refractivity contribution in [2.24, 2.45) is 7.05 Å². The van der Waals surface area contributed by atoms with E-state index in [-0.39, 0.29) is 0 Å². The molecule has 0 saturated heterocycles. The van der Waals surface area contributed by atoms with Gasteiger partial charge in [-0.15, -0.1) is 0 Å². The van der Waals surface area contributed by atoms with Crippen LogP contribution in [-0.2, 0) is 7.05 Å². The third-order valence-electron chi connectivity index (χ3n) is 2.76. The summed E-state index contributed by atoms with van der Waals surface area (Å²) in [4.78, 5) is 0. The summed E-state index contributed by atoms with van der Waals surface area (Å²) < 4.78 is 8.13. The summed E-state index contributed by atoms with van der Waals surface area (Å²) in [5.74, 6) is 1.41. The molecule has 0 spiro atoms. The van der Waals surface area contributed by atoms with Gasteiger partial charge in [-0.25, -0.2) is 0 Å². The molecular formula is C13H16BrN3O. The normalized spacial score (nSPS) is 10.7. The summed E-state index contributed by atoms with van der Waals surface area (Å²) in [6.45, 7) is 4.68. The van der Waals surface area contributed by atoms with Gasteiger partial charge >= 0.3 is 0 Å². The van der Waals surface area contributed by atoms with E-state index in [4.69, 9.17) is 10.5 Å². The highest BCUT2D eigenvalue weighted by Gasteiger charge is 2.14. The van der Waals surface area contributed by atoms with Crippen molar-refractivity contribution in [3.8, 4) is 17.0 Å². The van der Waals surface area contributed by atoms with Gasteiger partial charge in [-0.05, 0) is 53.5 Å². The predicted octanol–water partition coefficient (Wildman–Crippen LogP) is 3.14. The zero-order chi connectivity index (χ0) is 13.3. The maximum atomic E-state index is 5.79.